The van der Waals surface area contributed by atoms with Crippen LogP contribution in [-0.4, -0.2) is 20.1 Å². The van der Waals surface area contributed by atoms with Gasteiger partial charge in [-0.25, -0.2) is 4.79 Å². The second kappa shape index (κ2) is 5.75. The van der Waals surface area contributed by atoms with E-state index in [1.807, 2.05) is 0 Å². The third-order valence-electron chi connectivity index (χ3n) is 0.905. The van der Waals surface area contributed by atoms with Gasteiger partial charge >= 0.3 is 45.6 Å². The van der Waals surface area contributed by atoms with Crippen molar-refractivity contribution in [2.45, 2.75) is 13.8 Å². The fourth-order valence-electron chi connectivity index (χ4n) is 0.245. The predicted molar refractivity (Wildman–Crippen MR) is 41.5 cm³/mol. The van der Waals surface area contributed by atoms with Gasteiger partial charge in [-0.15, -0.1) is 0 Å². The molecule has 0 amide bonds. The fraction of sp³-hybridized carbons (Fsp3) is 0.500. The third-order valence-corrected chi connectivity index (χ3v) is 2.02. The Morgan fingerprint density at radius 2 is 2.00 bits per heavy atom. The van der Waals surface area contributed by atoms with E-state index in [9.17, 15) is 13.2 Å². The molecular formula is C6H11NaO4S. The number of hydrogen-bond acceptors (Lipinski definition) is 4. The second-order valence-corrected chi connectivity index (χ2v) is 3.86. The maximum Gasteiger partial charge on any atom is 1.00 e. The summed E-state index contributed by atoms with van der Waals surface area (Å²) in [5.41, 5.74) is 0.0713. The molecule has 0 unspecified atom stereocenters. The molecule has 0 heterocycles. The van der Waals surface area contributed by atoms with Crippen LogP contribution in [0.2, 0.25) is 0 Å². The molecule has 0 aromatic heterocycles. The predicted octanol–water partition coefficient (Wildman–Crippen LogP) is -2.43. The van der Waals surface area contributed by atoms with Crippen LogP contribution in [0, 0.1) is 0 Å². The summed E-state index contributed by atoms with van der Waals surface area (Å²) >= 11 is 0. The van der Waals surface area contributed by atoms with E-state index in [4.69, 9.17) is 0 Å². The molecule has 0 spiro atoms. The molecule has 0 aliphatic heterocycles. The first kappa shape index (κ1) is 14.7. The van der Waals surface area contributed by atoms with Crippen molar-refractivity contribution >= 4 is 16.1 Å². The summed E-state index contributed by atoms with van der Waals surface area (Å²) in [5, 5.41) is 0. The largest absolute Gasteiger partial charge is 1.00 e. The van der Waals surface area contributed by atoms with E-state index in [2.05, 4.69) is 10.8 Å². The van der Waals surface area contributed by atoms with Gasteiger partial charge in [0.1, 0.15) is 0 Å². The standard InChI is InChI=1S/C6H10O4S.Na.H/c1-4-11(8,9)10-6(7)5(2)3;;/h2,4H2,1,3H3;;/q;+1;-1. The zero-order chi connectivity index (χ0) is 9.07. The maximum absolute atomic E-state index is 10.6. The Bertz CT molecular complexity index is 272. The van der Waals surface area contributed by atoms with E-state index in [1.165, 1.54) is 13.8 Å². The zero-order valence-electron chi connectivity index (χ0n) is 8.46. The van der Waals surface area contributed by atoms with Crippen LogP contribution in [0.5, 0.6) is 0 Å². The molecule has 6 heteroatoms. The average molecular weight is 202 g/mol. The minimum atomic E-state index is -3.67. The molecule has 0 bridgehead atoms. The number of hydrogen-bond donors (Lipinski definition) is 0. The van der Waals surface area contributed by atoms with Crippen molar-refractivity contribution in [3.8, 4) is 0 Å². The summed E-state index contributed by atoms with van der Waals surface area (Å²) in [5.74, 6) is -1.11. The van der Waals surface area contributed by atoms with Crippen molar-refractivity contribution in [1.82, 2.24) is 0 Å². The minimum absolute atomic E-state index is 0. The quantitative estimate of drug-likeness (QED) is 0.290. The normalized spacial score (nSPS) is 9.83. The Morgan fingerprint density at radius 3 is 2.25 bits per heavy atom. The van der Waals surface area contributed by atoms with Crippen LogP contribution in [0.3, 0.4) is 0 Å². The Morgan fingerprint density at radius 1 is 1.58 bits per heavy atom. The number of rotatable bonds is 3. The summed E-state index contributed by atoms with van der Waals surface area (Å²) in [6.07, 6.45) is 0. The van der Waals surface area contributed by atoms with Gasteiger partial charge in [0.05, 0.1) is 5.75 Å². The van der Waals surface area contributed by atoms with Crippen molar-refractivity contribution in [3.05, 3.63) is 12.2 Å². The smallest absolute Gasteiger partial charge is 1.00 e. The maximum atomic E-state index is 10.6. The van der Waals surface area contributed by atoms with Gasteiger partial charge in [0, 0.05) is 5.57 Å². The molecule has 0 aromatic carbocycles. The van der Waals surface area contributed by atoms with E-state index < -0.39 is 16.1 Å². The average Bonchev–Trinajstić information content (AvgIpc) is 1.87. The van der Waals surface area contributed by atoms with Crippen LogP contribution < -0.4 is 29.6 Å². The first-order valence-corrected chi connectivity index (χ1v) is 4.58. The molecule has 4 nitrogen and oxygen atoms in total. The molecule has 0 atom stereocenters. The first-order valence-electron chi connectivity index (χ1n) is 3.01. The molecule has 0 radical (unpaired) electrons. The second-order valence-electron chi connectivity index (χ2n) is 2.00. The van der Waals surface area contributed by atoms with Crippen LogP contribution in [-0.2, 0) is 19.1 Å². The van der Waals surface area contributed by atoms with Gasteiger partial charge in [-0.1, -0.05) is 6.58 Å². The molecule has 12 heavy (non-hydrogen) atoms. The van der Waals surface area contributed by atoms with Crippen molar-refractivity contribution in [2.75, 3.05) is 5.75 Å². The van der Waals surface area contributed by atoms with E-state index >= 15 is 0 Å². The van der Waals surface area contributed by atoms with Gasteiger partial charge < -0.3 is 5.61 Å². The summed E-state index contributed by atoms with van der Waals surface area (Å²) in [7, 11) is -3.67. The Labute approximate surface area is 95.9 Å². The van der Waals surface area contributed by atoms with Crippen LogP contribution in [0.25, 0.3) is 0 Å². The van der Waals surface area contributed by atoms with Gasteiger partial charge in [-0.2, -0.15) is 8.42 Å². The Hall–Kier alpha value is 0.160. The van der Waals surface area contributed by atoms with Gasteiger partial charge in [-0.3, -0.25) is 0 Å². The van der Waals surface area contributed by atoms with Gasteiger partial charge in [0.25, 0.3) is 0 Å². The van der Waals surface area contributed by atoms with Crippen LogP contribution in [0.15, 0.2) is 12.2 Å². The Kier molecular flexibility index (Phi) is 7.02. The summed E-state index contributed by atoms with van der Waals surface area (Å²) in [4.78, 5) is 10.6. The first-order chi connectivity index (χ1) is 4.89. The van der Waals surface area contributed by atoms with Crippen molar-refractivity contribution in [1.29, 1.82) is 0 Å². The molecule has 0 saturated heterocycles. The minimum Gasteiger partial charge on any atom is -1.00 e. The summed E-state index contributed by atoms with van der Waals surface area (Å²) in [6, 6.07) is 0. The molecule has 0 aromatic rings. The Balaban J connectivity index is -0.000000500. The molecule has 66 valence electrons. The van der Waals surface area contributed by atoms with Crippen LogP contribution in [0.4, 0.5) is 0 Å². The molecular weight excluding hydrogens is 191 g/mol. The van der Waals surface area contributed by atoms with Crippen molar-refractivity contribution in [3.63, 3.8) is 0 Å². The fourth-order valence-corrected chi connectivity index (χ4v) is 0.736. The molecule has 0 aliphatic rings. The van der Waals surface area contributed by atoms with E-state index in [-0.39, 0.29) is 42.3 Å². The number of carbonyl (C=O) groups is 1. The number of carbonyl (C=O) groups excluding carboxylic acids is 1. The van der Waals surface area contributed by atoms with E-state index in [0.29, 0.717) is 0 Å². The van der Waals surface area contributed by atoms with Crippen LogP contribution >= 0.6 is 0 Å². The van der Waals surface area contributed by atoms with E-state index in [1.54, 1.807) is 0 Å². The van der Waals surface area contributed by atoms with Gasteiger partial charge in [0.2, 0.25) is 0 Å². The molecule has 0 saturated carbocycles. The summed E-state index contributed by atoms with van der Waals surface area (Å²) in [6.45, 7) is 6.01. The van der Waals surface area contributed by atoms with Crippen molar-refractivity contribution in [2.24, 2.45) is 0 Å². The molecule has 0 N–H and O–H groups in total. The van der Waals surface area contributed by atoms with Gasteiger partial charge in [-0.05, 0) is 13.8 Å². The zero-order valence-corrected chi connectivity index (χ0v) is 10.3. The van der Waals surface area contributed by atoms with Crippen molar-refractivity contribution < 1.29 is 48.4 Å². The molecule has 0 aliphatic carbocycles. The topological polar surface area (TPSA) is 60.4 Å². The van der Waals surface area contributed by atoms with E-state index in [0.717, 1.165) is 0 Å². The third kappa shape index (κ3) is 5.77. The molecule has 0 rings (SSSR count). The van der Waals surface area contributed by atoms with Gasteiger partial charge in [0.15, 0.2) is 0 Å². The summed E-state index contributed by atoms with van der Waals surface area (Å²) < 4.78 is 25.3. The SMILES string of the molecule is C=C(C)C(=O)OS(=O)(=O)CC.[H-].[Na+]. The monoisotopic (exact) mass is 202 g/mol. The molecule has 0 fully saturated rings. The van der Waals surface area contributed by atoms with Crippen LogP contribution in [0.1, 0.15) is 15.3 Å².